The predicted molar refractivity (Wildman–Crippen MR) is 118 cm³/mol. The summed E-state index contributed by atoms with van der Waals surface area (Å²) < 4.78 is 16.1. The van der Waals surface area contributed by atoms with Crippen molar-refractivity contribution in [2.45, 2.75) is 12.8 Å². The average Bonchev–Trinajstić information content (AvgIpc) is 3.27. The van der Waals surface area contributed by atoms with Gasteiger partial charge in [0.25, 0.3) is 0 Å². The van der Waals surface area contributed by atoms with E-state index in [0.29, 0.717) is 25.6 Å². The average molecular weight is 414 g/mol. The van der Waals surface area contributed by atoms with Crippen LogP contribution < -0.4 is 29.7 Å². The third kappa shape index (κ3) is 6.47. The van der Waals surface area contributed by atoms with Gasteiger partial charge in [0.1, 0.15) is 17.2 Å². The summed E-state index contributed by atoms with van der Waals surface area (Å²) in [6.45, 7) is 3.72. The SMILES string of the molecule is COc1ccc(OCCCNC(=O)NCC2CCN(c3cccc(OC)c3)C2)cc1. The molecule has 30 heavy (non-hydrogen) atoms. The summed E-state index contributed by atoms with van der Waals surface area (Å²) in [7, 11) is 3.32. The molecule has 0 spiro atoms. The van der Waals surface area contributed by atoms with Crippen LogP contribution in [0.5, 0.6) is 17.2 Å². The first-order valence-corrected chi connectivity index (χ1v) is 10.4. The molecule has 2 amide bonds. The van der Waals surface area contributed by atoms with Crippen molar-refractivity contribution >= 4 is 11.7 Å². The largest absolute Gasteiger partial charge is 0.497 e. The summed E-state index contributed by atoms with van der Waals surface area (Å²) >= 11 is 0. The highest BCUT2D eigenvalue weighted by Crippen LogP contribution is 2.26. The predicted octanol–water partition coefficient (Wildman–Crippen LogP) is 3.30. The lowest BCUT2D eigenvalue weighted by Crippen LogP contribution is -2.39. The lowest BCUT2D eigenvalue weighted by molar-refractivity contribution is 0.237. The standard InChI is InChI=1S/C23H31N3O4/c1-28-20-7-9-21(10-8-20)30-14-4-12-24-23(27)25-16-18-11-13-26(17-18)19-5-3-6-22(15-19)29-2/h3,5-10,15,18H,4,11-14,16-17H2,1-2H3,(H2,24,25,27). The second-order valence-electron chi connectivity index (χ2n) is 7.32. The molecule has 1 unspecified atom stereocenters. The number of rotatable bonds is 10. The maximum absolute atomic E-state index is 12.0. The first kappa shape index (κ1) is 21.6. The van der Waals surface area contributed by atoms with E-state index in [2.05, 4.69) is 27.7 Å². The zero-order valence-corrected chi connectivity index (χ0v) is 17.7. The zero-order chi connectivity index (χ0) is 21.2. The van der Waals surface area contributed by atoms with Gasteiger partial charge in [0.05, 0.1) is 20.8 Å². The number of nitrogens with zero attached hydrogens (tertiary/aromatic N) is 1. The molecule has 0 saturated carbocycles. The molecule has 0 radical (unpaired) electrons. The van der Waals surface area contributed by atoms with Crippen LogP contribution in [0, 0.1) is 5.92 Å². The van der Waals surface area contributed by atoms with E-state index in [0.717, 1.165) is 48.9 Å². The quantitative estimate of drug-likeness (QED) is 0.585. The van der Waals surface area contributed by atoms with E-state index in [9.17, 15) is 4.79 Å². The highest BCUT2D eigenvalue weighted by Gasteiger charge is 2.23. The summed E-state index contributed by atoms with van der Waals surface area (Å²) in [5.74, 6) is 2.90. The lowest BCUT2D eigenvalue weighted by Gasteiger charge is -2.19. The van der Waals surface area contributed by atoms with Crippen LogP contribution in [-0.2, 0) is 0 Å². The van der Waals surface area contributed by atoms with Gasteiger partial charge in [-0.05, 0) is 55.2 Å². The smallest absolute Gasteiger partial charge is 0.314 e. The van der Waals surface area contributed by atoms with E-state index >= 15 is 0 Å². The Bertz CT molecular complexity index is 797. The highest BCUT2D eigenvalue weighted by atomic mass is 16.5. The van der Waals surface area contributed by atoms with Gasteiger partial charge in [0, 0.05) is 37.9 Å². The number of methoxy groups -OCH3 is 2. The Kier molecular flexibility index (Phi) is 8.06. The number of benzene rings is 2. The molecule has 0 aliphatic carbocycles. The van der Waals surface area contributed by atoms with Crippen molar-refractivity contribution in [2.75, 3.05) is 51.9 Å². The molecule has 1 heterocycles. The molecular formula is C23H31N3O4. The Morgan fingerprint density at radius 2 is 1.80 bits per heavy atom. The van der Waals surface area contributed by atoms with Crippen LogP contribution in [-0.4, -0.2) is 53.0 Å². The number of urea groups is 1. The number of hydrogen-bond acceptors (Lipinski definition) is 5. The Hall–Kier alpha value is -3.09. The fourth-order valence-electron chi connectivity index (χ4n) is 3.48. The van der Waals surface area contributed by atoms with Gasteiger partial charge in [-0.2, -0.15) is 0 Å². The van der Waals surface area contributed by atoms with Crippen LogP contribution in [0.3, 0.4) is 0 Å². The second-order valence-corrected chi connectivity index (χ2v) is 7.32. The molecule has 1 atom stereocenters. The van der Waals surface area contributed by atoms with Gasteiger partial charge < -0.3 is 29.7 Å². The Labute approximate surface area is 178 Å². The number of carbonyl (C=O) groups is 1. The first-order chi connectivity index (χ1) is 14.7. The third-order valence-electron chi connectivity index (χ3n) is 5.19. The van der Waals surface area contributed by atoms with Crippen molar-refractivity contribution in [3.63, 3.8) is 0 Å². The summed E-state index contributed by atoms with van der Waals surface area (Å²) in [6, 6.07) is 15.4. The monoisotopic (exact) mass is 413 g/mol. The number of ether oxygens (including phenoxy) is 3. The molecule has 0 bridgehead atoms. The number of hydrogen-bond donors (Lipinski definition) is 2. The number of carbonyl (C=O) groups excluding carboxylic acids is 1. The second kappa shape index (κ2) is 11.2. The van der Waals surface area contributed by atoms with E-state index in [4.69, 9.17) is 14.2 Å². The summed E-state index contributed by atoms with van der Waals surface area (Å²) in [4.78, 5) is 14.4. The molecule has 1 fully saturated rings. The molecule has 3 rings (SSSR count). The number of amides is 2. The van der Waals surface area contributed by atoms with Crippen LogP contribution >= 0.6 is 0 Å². The molecule has 2 N–H and O–H groups in total. The zero-order valence-electron chi connectivity index (χ0n) is 17.7. The van der Waals surface area contributed by atoms with Gasteiger partial charge in [-0.25, -0.2) is 4.79 Å². The minimum Gasteiger partial charge on any atom is -0.497 e. The van der Waals surface area contributed by atoms with Gasteiger partial charge in [-0.1, -0.05) is 6.07 Å². The minimum absolute atomic E-state index is 0.126. The van der Waals surface area contributed by atoms with Crippen molar-refractivity contribution in [1.29, 1.82) is 0 Å². The van der Waals surface area contributed by atoms with E-state index in [1.54, 1.807) is 14.2 Å². The molecule has 2 aromatic rings. The molecule has 1 aliphatic rings. The molecule has 2 aromatic carbocycles. The van der Waals surface area contributed by atoms with Gasteiger partial charge in [0.15, 0.2) is 0 Å². The van der Waals surface area contributed by atoms with E-state index < -0.39 is 0 Å². The maximum atomic E-state index is 12.0. The van der Waals surface area contributed by atoms with Crippen molar-refractivity contribution < 1.29 is 19.0 Å². The molecular weight excluding hydrogens is 382 g/mol. The van der Waals surface area contributed by atoms with Gasteiger partial charge in [-0.3, -0.25) is 0 Å². The Morgan fingerprint density at radius 3 is 2.57 bits per heavy atom. The van der Waals surface area contributed by atoms with Crippen LogP contribution in [0.25, 0.3) is 0 Å². The van der Waals surface area contributed by atoms with Crippen molar-refractivity contribution in [1.82, 2.24) is 10.6 Å². The maximum Gasteiger partial charge on any atom is 0.314 e. The van der Waals surface area contributed by atoms with Crippen LogP contribution in [0.4, 0.5) is 10.5 Å². The lowest BCUT2D eigenvalue weighted by atomic mass is 10.1. The van der Waals surface area contributed by atoms with Crippen molar-refractivity contribution in [3.8, 4) is 17.2 Å². The highest BCUT2D eigenvalue weighted by molar-refractivity contribution is 5.73. The molecule has 0 aromatic heterocycles. The normalized spacial score (nSPS) is 15.5. The summed E-state index contributed by atoms with van der Waals surface area (Å²) in [6.07, 6.45) is 1.81. The van der Waals surface area contributed by atoms with Crippen LogP contribution in [0.1, 0.15) is 12.8 Å². The Morgan fingerprint density at radius 1 is 1.03 bits per heavy atom. The minimum atomic E-state index is -0.126. The van der Waals surface area contributed by atoms with Crippen molar-refractivity contribution in [3.05, 3.63) is 48.5 Å². The van der Waals surface area contributed by atoms with Gasteiger partial charge >= 0.3 is 6.03 Å². The summed E-state index contributed by atoms with van der Waals surface area (Å²) in [5.41, 5.74) is 1.16. The van der Waals surface area contributed by atoms with Crippen LogP contribution in [0.2, 0.25) is 0 Å². The molecule has 7 nitrogen and oxygen atoms in total. The molecule has 162 valence electrons. The molecule has 1 saturated heterocycles. The van der Waals surface area contributed by atoms with Crippen molar-refractivity contribution in [2.24, 2.45) is 5.92 Å². The molecule has 1 aliphatic heterocycles. The third-order valence-corrected chi connectivity index (χ3v) is 5.19. The van der Waals surface area contributed by atoms with Crippen LogP contribution in [0.15, 0.2) is 48.5 Å². The topological polar surface area (TPSA) is 72.1 Å². The fourth-order valence-corrected chi connectivity index (χ4v) is 3.48. The molecule has 7 heteroatoms. The van der Waals surface area contributed by atoms with Gasteiger partial charge in [-0.15, -0.1) is 0 Å². The van der Waals surface area contributed by atoms with E-state index in [1.807, 2.05) is 36.4 Å². The van der Waals surface area contributed by atoms with Gasteiger partial charge in [0.2, 0.25) is 0 Å². The van der Waals surface area contributed by atoms with E-state index in [1.165, 1.54) is 0 Å². The summed E-state index contributed by atoms with van der Waals surface area (Å²) in [5, 5.41) is 5.87. The Balaban J connectivity index is 1.27. The fraction of sp³-hybridized carbons (Fsp3) is 0.435. The first-order valence-electron chi connectivity index (χ1n) is 10.4. The number of nitrogens with one attached hydrogen (secondary N) is 2. The van der Waals surface area contributed by atoms with E-state index in [-0.39, 0.29) is 6.03 Å². The number of anilines is 1.